The molecule has 6 heteroatoms. The van der Waals surface area contributed by atoms with E-state index in [1.807, 2.05) is 56.6 Å². The predicted octanol–water partition coefficient (Wildman–Crippen LogP) is 2.89. The van der Waals surface area contributed by atoms with Crippen LogP contribution in [-0.4, -0.2) is 27.3 Å². The van der Waals surface area contributed by atoms with Gasteiger partial charge in [-0.1, -0.05) is 25.1 Å². The van der Waals surface area contributed by atoms with Crippen LogP contribution in [0.15, 0.2) is 42.6 Å². The van der Waals surface area contributed by atoms with E-state index in [0.717, 1.165) is 34.4 Å². The van der Waals surface area contributed by atoms with Gasteiger partial charge in [0.2, 0.25) is 0 Å². The van der Waals surface area contributed by atoms with Crippen molar-refractivity contribution < 1.29 is 4.79 Å². The van der Waals surface area contributed by atoms with E-state index in [9.17, 15) is 4.79 Å². The van der Waals surface area contributed by atoms with Crippen LogP contribution in [0, 0.1) is 0 Å². The number of rotatable bonds is 5. The lowest BCUT2D eigenvalue weighted by molar-refractivity contribution is 0.252. The first-order chi connectivity index (χ1) is 11.7. The van der Waals surface area contributed by atoms with Gasteiger partial charge in [-0.3, -0.25) is 9.67 Å². The van der Waals surface area contributed by atoms with E-state index in [4.69, 9.17) is 0 Å². The lowest BCUT2D eigenvalue weighted by Crippen LogP contribution is -2.30. The summed E-state index contributed by atoms with van der Waals surface area (Å²) in [6, 6.07) is 11.5. The van der Waals surface area contributed by atoms with Crippen molar-refractivity contribution in [2.24, 2.45) is 7.05 Å². The van der Waals surface area contributed by atoms with Gasteiger partial charge in [-0.05, 0) is 24.6 Å². The standard InChI is InChI=1S/C18H21N5O/c1-3-13-12-17(15-6-4-5-7-16(15)20-13)21-18(24)19-10-8-14-9-11-23(2)22-14/h4-7,9,11-12H,3,8,10H2,1-2H3,(H2,19,20,21,24). The molecular formula is C18H21N5O. The minimum Gasteiger partial charge on any atom is -0.337 e. The normalized spacial score (nSPS) is 10.8. The molecule has 2 N–H and O–H groups in total. The van der Waals surface area contributed by atoms with E-state index in [1.54, 1.807) is 4.68 Å². The molecule has 0 saturated carbocycles. The van der Waals surface area contributed by atoms with Crippen molar-refractivity contribution in [3.05, 3.63) is 54.0 Å². The van der Waals surface area contributed by atoms with Gasteiger partial charge in [0, 0.05) is 37.3 Å². The Kier molecular flexibility index (Phi) is 4.74. The molecule has 3 aromatic rings. The molecule has 1 aromatic carbocycles. The first kappa shape index (κ1) is 16.0. The van der Waals surface area contributed by atoms with Crippen molar-refractivity contribution in [2.75, 3.05) is 11.9 Å². The monoisotopic (exact) mass is 323 g/mol. The van der Waals surface area contributed by atoms with Crippen LogP contribution in [0.3, 0.4) is 0 Å². The number of carbonyl (C=O) groups is 1. The average molecular weight is 323 g/mol. The van der Waals surface area contributed by atoms with Gasteiger partial charge in [-0.2, -0.15) is 5.10 Å². The Bertz CT molecular complexity index is 855. The van der Waals surface area contributed by atoms with Gasteiger partial charge in [0.05, 0.1) is 16.9 Å². The largest absolute Gasteiger partial charge is 0.337 e. The maximum Gasteiger partial charge on any atom is 0.319 e. The molecule has 0 aliphatic rings. The molecule has 2 heterocycles. The number of hydrogen-bond acceptors (Lipinski definition) is 3. The van der Waals surface area contributed by atoms with E-state index in [1.165, 1.54) is 0 Å². The fraction of sp³-hybridized carbons (Fsp3) is 0.278. The number of hydrogen-bond donors (Lipinski definition) is 2. The summed E-state index contributed by atoms with van der Waals surface area (Å²) in [5, 5.41) is 11.0. The number of amides is 2. The van der Waals surface area contributed by atoms with Crippen LogP contribution in [0.1, 0.15) is 18.3 Å². The molecule has 0 atom stereocenters. The second-order valence-electron chi connectivity index (χ2n) is 5.64. The highest BCUT2D eigenvalue weighted by Gasteiger charge is 2.08. The molecule has 0 unspecified atom stereocenters. The van der Waals surface area contributed by atoms with Gasteiger partial charge < -0.3 is 10.6 Å². The quantitative estimate of drug-likeness (QED) is 0.758. The summed E-state index contributed by atoms with van der Waals surface area (Å²) in [7, 11) is 1.88. The number of anilines is 1. The number of urea groups is 1. The summed E-state index contributed by atoms with van der Waals surface area (Å²) < 4.78 is 1.75. The Morgan fingerprint density at radius 2 is 2.04 bits per heavy atom. The molecule has 2 amide bonds. The molecule has 0 bridgehead atoms. The van der Waals surface area contributed by atoms with Crippen molar-refractivity contribution in [3.63, 3.8) is 0 Å². The number of aryl methyl sites for hydroxylation is 2. The first-order valence-corrected chi connectivity index (χ1v) is 8.07. The Balaban J connectivity index is 1.66. The van der Waals surface area contributed by atoms with Crippen LogP contribution in [0.2, 0.25) is 0 Å². The average Bonchev–Trinajstić information content (AvgIpc) is 3.00. The maximum absolute atomic E-state index is 12.2. The molecule has 6 nitrogen and oxygen atoms in total. The second kappa shape index (κ2) is 7.12. The zero-order chi connectivity index (χ0) is 16.9. The van der Waals surface area contributed by atoms with E-state index in [0.29, 0.717) is 13.0 Å². The van der Waals surface area contributed by atoms with Gasteiger partial charge in [-0.15, -0.1) is 0 Å². The summed E-state index contributed by atoms with van der Waals surface area (Å²) in [6.07, 6.45) is 3.41. The van der Waals surface area contributed by atoms with Crippen LogP contribution in [0.4, 0.5) is 10.5 Å². The number of aromatic nitrogens is 3. The highest BCUT2D eigenvalue weighted by Crippen LogP contribution is 2.23. The lowest BCUT2D eigenvalue weighted by atomic mass is 10.1. The molecule has 0 radical (unpaired) electrons. The third kappa shape index (κ3) is 3.71. The van der Waals surface area contributed by atoms with Crippen LogP contribution in [0.5, 0.6) is 0 Å². The van der Waals surface area contributed by atoms with Crippen molar-refractivity contribution in [2.45, 2.75) is 19.8 Å². The van der Waals surface area contributed by atoms with Crippen molar-refractivity contribution in [1.29, 1.82) is 0 Å². The second-order valence-corrected chi connectivity index (χ2v) is 5.64. The molecular weight excluding hydrogens is 302 g/mol. The maximum atomic E-state index is 12.2. The summed E-state index contributed by atoms with van der Waals surface area (Å²) in [6.45, 7) is 2.58. The summed E-state index contributed by atoms with van der Waals surface area (Å²) in [5.74, 6) is 0. The van der Waals surface area contributed by atoms with Gasteiger partial charge >= 0.3 is 6.03 Å². The number of nitrogens with zero attached hydrogens (tertiary/aromatic N) is 3. The molecule has 0 aliphatic carbocycles. The summed E-state index contributed by atoms with van der Waals surface area (Å²) in [4.78, 5) is 16.8. The zero-order valence-electron chi connectivity index (χ0n) is 13.9. The van der Waals surface area contributed by atoms with Crippen molar-refractivity contribution >= 4 is 22.6 Å². The van der Waals surface area contributed by atoms with Crippen molar-refractivity contribution in [3.8, 4) is 0 Å². The van der Waals surface area contributed by atoms with Crippen molar-refractivity contribution in [1.82, 2.24) is 20.1 Å². The van der Waals surface area contributed by atoms with Gasteiger partial charge in [0.15, 0.2) is 0 Å². The number of nitrogens with one attached hydrogen (secondary N) is 2. The number of carbonyl (C=O) groups excluding carboxylic acids is 1. The Morgan fingerprint density at radius 3 is 2.79 bits per heavy atom. The third-order valence-corrected chi connectivity index (χ3v) is 3.82. The first-order valence-electron chi connectivity index (χ1n) is 8.07. The van der Waals surface area contributed by atoms with Gasteiger partial charge in [0.1, 0.15) is 0 Å². The topological polar surface area (TPSA) is 71.8 Å². The molecule has 3 rings (SSSR count). The van der Waals surface area contributed by atoms with E-state index < -0.39 is 0 Å². The third-order valence-electron chi connectivity index (χ3n) is 3.82. The summed E-state index contributed by atoms with van der Waals surface area (Å²) >= 11 is 0. The Labute approximate surface area is 140 Å². The highest BCUT2D eigenvalue weighted by atomic mass is 16.2. The van der Waals surface area contributed by atoms with Gasteiger partial charge in [-0.25, -0.2) is 4.79 Å². The molecule has 0 saturated heterocycles. The molecule has 0 fully saturated rings. The lowest BCUT2D eigenvalue weighted by Gasteiger charge is -2.11. The van der Waals surface area contributed by atoms with E-state index in [2.05, 4.69) is 20.7 Å². The summed E-state index contributed by atoms with van der Waals surface area (Å²) in [5.41, 5.74) is 3.59. The van der Waals surface area contributed by atoms with Crippen LogP contribution in [-0.2, 0) is 19.9 Å². The fourth-order valence-electron chi connectivity index (χ4n) is 2.58. The van der Waals surface area contributed by atoms with Gasteiger partial charge in [0.25, 0.3) is 0 Å². The molecule has 0 spiro atoms. The minimum absolute atomic E-state index is 0.218. The number of pyridine rings is 1. The minimum atomic E-state index is -0.218. The zero-order valence-corrected chi connectivity index (χ0v) is 13.9. The molecule has 124 valence electrons. The SMILES string of the molecule is CCc1cc(NC(=O)NCCc2ccn(C)n2)c2ccccc2n1. The highest BCUT2D eigenvalue weighted by molar-refractivity contribution is 6.00. The Hall–Kier alpha value is -2.89. The number of benzene rings is 1. The number of fused-ring (bicyclic) bond motifs is 1. The molecule has 2 aromatic heterocycles. The van der Waals surface area contributed by atoms with Crippen LogP contribution >= 0.6 is 0 Å². The Morgan fingerprint density at radius 1 is 1.21 bits per heavy atom. The number of para-hydroxylation sites is 1. The van der Waals surface area contributed by atoms with Crippen LogP contribution < -0.4 is 10.6 Å². The molecule has 24 heavy (non-hydrogen) atoms. The fourth-order valence-corrected chi connectivity index (χ4v) is 2.58. The van der Waals surface area contributed by atoms with Crippen LogP contribution in [0.25, 0.3) is 10.9 Å². The molecule has 0 aliphatic heterocycles. The van der Waals surface area contributed by atoms with E-state index >= 15 is 0 Å². The van der Waals surface area contributed by atoms with E-state index in [-0.39, 0.29) is 6.03 Å². The smallest absolute Gasteiger partial charge is 0.319 e. The predicted molar refractivity (Wildman–Crippen MR) is 95.1 cm³/mol.